The number of hydrogen-bond acceptors (Lipinski definition) is 9. The first-order valence-corrected chi connectivity index (χ1v) is 17.3. The molecule has 0 spiro atoms. The van der Waals surface area contributed by atoms with E-state index in [4.69, 9.17) is 15.5 Å². The van der Waals surface area contributed by atoms with Crippen LogP contribution in [0, 0.1) is 11.8 Å². The van der Waals surface area contributed by atoms with Gasteiger partial charge in [-0.1, -0.05) is 39.8 Å². The molecule has 1 aromatic rings. The van der Waals surface area contributed by atoms with Crippen LogP contribution in [0.15, 0.2) is 24.3 Å². The standard InChI is InChI=1S/C30H44N7O11P/c1-15(2)24-29(43)34-20(13-22(31)38)27(41)36-25(16(3)4)30(44)37-11-5-6-21(37)28(42)32-14-23(39)33-19(26(40)35-24)12-17-7-9-18(10-8-17)48-49(45,46)47/h7-10,15-16,19-21,24-25H,5-6,11-14H2,1-4H3,(H2,31,38)(H,32,42)(H,33,39)(H,34,43)(H,35,40)(H,36,41)(H2,45,46,47)/t19-,20-,21+,24+,25+/m0/s1. The van der Waals surface area contributed by atoms with E-state index in [1.54, 1.807) is 27.7 Å². The van der Waals surface area contributed by atoms with Gasteiger partial charge in [-0.05, 0) is 42.4 Å². The average Bonchev–Trinajstić information content (AvgIpc) is 3.49. The minimum atomic E-state index is -4.83. The van der Waals surface area contributed by atoms with Crippen LogP contribution < -0.4 is 36.8 Å². The Labute approximate surface area is 282 Å². The molecule has 2 aliphatic heterocycles. The number of carbonyl (C=O) groups excluding carboxylic acids is 7. The topological polar surface area (TPSA) is 276 Å². The van der Waals surface area contributed by atoms with Gasteiger partial charge in [0.15, 0.2) is 0 Å². The maximum absolute atomic E-state index is 13.7. The molecule has 19 heteroatoms. The summed E-state index contributed by atoms with van der Waals surface area (Å²) in [5.74, 6) is -6.55. The van der Waals surface area contributed by atoms with Gasteiger partial charge in [0.2, 0.25) is 41.4 Å². The van der Waals surface area contributed by atoms with Gasteiger partial charge in [-0.2, -0.15) is 0 Å². The molecule has 2 fully saturated rings. The quantitative estimate of drug-likeness (QED) is 0.136. The van der Waals surface area contributed by atoms with Crippen LogP contribution in [0.4, 0.5) is 0 Å². The lowest BCUT2D eigenvalue weighted by Crippen LogP contribution is -2.62. The van der Waals surface area contributed by atoms with Crippen LogP contribution in [0.1, 0.15) is 52.5 Å². The number of benzene rings is 1. The summed E-state index contributed by atoms with van der Waals surface area (Å²) in [4.78, 5) is 112. The summed E-state index contributed by atoms with van der Waals surface area (Å²) in [6.45, 7) is 6.24. The van der Waals surface area contributed by atoms with E-state index in [9.17, 15) is 38.1 Å². The van der Waals surface area contributed by atoms with Gasteiger partial charge in [0, 0.05) is 13.0 Å². The first kappa shape index (κ1) is 38.9. The van der Waals surface area contributed by atoms with E-state index in [1.165, 1.54) is 29.2 Å². The second kappa shape index (κ2) is 16.7. The first-order valence-electron chi connectivity index (χ1n) is 15.8. The lowest BCUT2D eigenvalue weighted by atomic mass is 9.99. The van der Waals surface area contributed by atoms with Gasteiger partial charge in [0.05, 0.1) is 13.0 Å². The van der Waals surface area contributed by atoms with E-state index in [1.807, 2.05) is 0 Å². The van der Waals surface area contributed by atoms with Crippen molar-refractivity contribution in [2.45, 2.75) is 83.6 Å². The van der Waals surface area contributed by atoms with E-state index < -0.39 is 104 Å². The van der Waals surface area contributed by atoms with Gasteiger partial charge >= 0.3 is 7.82 Å². The number of phosphoric acid groups is 1. The number of nitrogens with one attached hydrogen (secondary N) is 5. The summed E-state index contributed by atoms with van der Waals surface area (Å²) in [5, 5.41) is 12.7. The minimum absolute atomic E-state index is 0.150. The van der Waals surface area contributed by atoms with E-state index in [0.29, 0.717) is 18.4 Å². The number of hydrogen-bond donors (Lipinski definition) is 8. The molecule has 7 amide bonds. The molecule has 18 nitrogen and oxygen atoms in total. The number of amides is 7. The average molecular weight is 710 g/mol. The molecule has 0 unspecified atom stereocenters. The highest BCUT2D eigenvalue weighted by molar-refractivity contribution is 7.46. The number of primary amides is 1. The van der Waals surface area contributed by atoms with Crippen LogP contribution in [-0.4, -0.2) is 99.3 Å². The molecular formula is C30H44N7O11P. The first-order chi connectivity index (χ1) is 22.9. The predicted octanol–water partition coefficient (Wildman–Crippen LogP) is -2.05. The molecule has 2 aliphatic rings. The van der Waals surface area contributed by atoms with Crippen LogP contribution in [0.3, 0.4) is 0 Å². The molecule has 0 saturated carbocycles. The third-order valence-corrected chi connectivity index (χ3v) is 8.47. The van der Waals surface area contributed by atoms with Crippen LogP contribution in [0.5, 0.6) is 5.75 Å². The molecule has 5 atom stereocenters. The Morgan fingerprint density at radius 2 is 1.47 bits per heavy atom. The molecule has 2 saturated heterocycles. The van der Waals surface area contributed by atoms with Gasteiger partial charge in [-0.25, -0.2) is 4.57 Å². The zero-order valence-electron chi connectivity index (χ0n) is 27.6. The lowest BCUT2D eigenvalue weighted by molar-refractivity contribution is -0.143. The number of rotatable bonds is 8. The zero-order valence-corrected chi connectivity index (χ0v) is 28.5. The van der Waals surface area contributed by atoms with E-state index in [0.717, 1.165) is 0 Å². The molecule has 1 aromatic carbocycles. The molecule has 0 radical (unpaired) electrons. The highest BCUT2D eigenvalue weighted by atomic mass is 31.2. The SMILES string of the molecule is CC(C)[C@H]1NC(=O)[C@H](Cc2ccc(OP(=O)(O)O)cc2)NC(=O)CNC(=O)[C@H]2CCCN2C(=O)[C@@H](C(C)C)NC(=O)[C@H](CC(N)=O)NC1=O. The molecule has 0 aromatic heterocycles. The number of phosphoric ester groups is 1. The molecule has 3 rings (SSSR count). The Kier molecular flexibility index (Phi) is 13.3. The van der Waals surface area contributed by atoms with Gasteiger partial charge in [-0.15, -0.1) is 0 Å². The Balaban J connectivity index is 1.98. The van der Waals surface area contributed by atoms with Gasteiger partial charge in [0.25, 0.3) is 0 Å². The second-order valence-electron chi connectivity index (χ2n) is 12.6. The second-order valence-corrected chi connectivity index (χ2v) is 13.8. The van der Waals surface area contributed by atoms with Crippen molar-refractivity contribution in [1.82, 2.24) is 31.5 Å². The Morgan fingerprint density at radius 1 is 0.878 bits per heavy atom. The molecule has 0 aliphatic carbocycles. The third kappa shape index (κ3) is 11.3. The molecular weight excluding hydrogens is 665 g/mol. The largest absolute Gasteiger partial charge is 0.524 e. The van der Waals surface area contributed by atoms with Crippen molar-refractivity contribution < 1.29 is 52.4 Å². The Morgan fingerprint density at radius 3 is 2.04 bits per heavy atom. The number of carbonyl (C=O) groups is 7. The third-order valence-electron chi connectivity index (χ3n) is 8.02. The van der Waals surface area contributed by atoms with Crippen molar-refractivity contribution in [2.75, 3.05) is 13.1 Å². The minimum Gasteiger partial charge on any atom is -0.404 e. The summed E-state index contributed by atoms with van der Waals surface area (Å²) in [6, 6.07) is -0.871. The van der Waals surface area contributed by atoms with E-state index in [-0.39, 0.29) is 18.7 Å². The Bertz CT molecular complexity index is 1480. The van der Waals surface area contributed by atoms with Crippen molar-refractivity contribution >= 4 is 49.2 Å². The maximum atomic E-state index is 13.7. The monoisotopic (exact) mass is 709 g/mol. The maximum Gasteiger partial charge on any atom is 0.524 e. The lowest BCUT2D eigenvalue weighted by Gasteiger charge is -2.32. The smallest absolute Gasteiger partial charge is 0.404 e. The van der Waals surface area contributed by atoms with Crippen LogP contribution in [-0.2, 0) is 44.5 Å². The van der Waals surface area contributed by atoms with Crippen LogP contribution in [0.25, 0.3) is 0 Å². The molecule has 270 valence electrons. The molecule has 0 bridgehead atoms. The zero-order chi connectivity index (χ0) is 36.6. The summed E-state index contributed by atoms with van der Waals surface area (Å²) in [6.07, 6.45) is -0.0134. The van der Waals surface area contributed by atoms with Gasteiger partial charge < -0.3 is 41.7 Å². The molecule has 49 heavy (non-hydrogen) atoms. The van der Waals surface area contributed by atoms with Crippen molar-refractivity contribution in [2.24, 2.45) is 17.6 Å². The fourth-order valence-corrected chi connectivity index (χ4v) is 5.91. The van der Waals surface area contributed by atoms with Crippen molar-refractivity contribution in [1.29, 1.82) is 0 Å². The summed E-state index contributed by atoms with van der Waals surface area (Å²) < 4.78 is 15.7. The fraction of sp³-hybridized carbons (Fsp3) is 0.567. The van der Waals surface area contributed by atoms with E-state index in [2.05, 4.69) is 31.1 Å². The Hall–Kier alpha value is -4.54. The number of nitrogens with zero attached hydrogens (tertiary/aromatic N) is 1. The predicted molar refractivity (Wildman–Crippen MR) is 172 cm³/mol. The van der Waals surface area contributed by atoms with Crippen LogP contribution >= 0.6 is 7.82 Å². The number of fused-ring (bicyclic) bond motifs is 1. The summed E-state index contributed by atoms with van der Waals surface area (Å²) >= 11 is 0. The van der Waals surface area contributed by atoms with Crippen molar-refractivity contribution in [3.63, 3.8) is 0 Å². The number of nitrogens with two attached hydrogens (primary N) is 1. The van der Waals surface area contributed by atoms with Gasteiger partial charge in [-0.3, -0.25) is 43.3 Å². The highest BCUT2D eigenvalue weighted by Crippen LogP contribution is 2.37. The van der Waals surface area contributed by atoms with Crippen molar-refractivity contribution in [3.05, 3.63) is 29.8 Å². The van der Waals surface area contributed by atoms with E-state index >= 15 is 0 Å². The summed E-state index contributed by atoms with van der Waals surface area (Å²) in [7, 11) is -4.83. The van der Waals surface area contributed by atoms with Gasteiger partial charge in [0.1, 0.15) is 36.0 Å². The molecule has 2 heterocycles. The van der Waals surface area contributed by atoms with Crippen LogP contribution in [0.2, 0.25) is 0 Å². The normalized spacial score (nSPS) is 25.0. The fourth-order valence-electron chi connectivity index (χ4n) is 5.51. The highest BCUT2D eigenvalue weighted by Gasteiger charge is 2.40. The summed E-state index contributed by atoms with van der Waals surface area (Å²) in [5.41, 5.74) is 5.81. The van der Waals surface area contributed by atoms with Crippen molar-refractivity contribution in [3.8, 4) is 5.75 Å². The molecule has 9 N–H and O–H groups in total.